The van der Waals surface area contributed by atoms with Gasteiger partial charge in [-0.2, -0.15) is 0 Å². The summed E-state index contributed by atoms with van der Waals surface area (Å²) in [5.74, 6) is 0.665. The number of aryl methyl sites for hydroxylation is 1. The first-order valence-electron chi connectivity index (χ1n) is 11.1. The normalized spacial score (nSPS) is 24.2. The zero-order valence-corrected chi connectivity index (χ0v) is 17.4. The van der Waals surface area contributed by atoms with Gasteiger partial charge < -0.3 is 10.6 Å². The molecule has 1 aliphatic heterocycles. The van der Waals surface area contributed by atoms with Crippen LogP contribution < -0.4 is 10.6 Å². The monoisotopic (exact) mass is 391 g/mol. The van der Waals surface area contributed by atoms with E-state index in [0.717, 1.165) is 38.2 Å². The molecule has 1 heterocycles. The number of carbonyl (C=O) groups excluding carboxylic acids is 1. The lowest BCUT2D eigenvalue weighted by Crippen LogP contribution is -2.42. The Balaban J connectivity index is 1.22. The Kier molecular flexibility index (Phi) is 6.63. The maximum absolute atomic E-state index is 12.4. The van der Waals surface area contributed by atoms with Gasteiger partial charge >= 0.3 is 0 Å². The Hall–Kier alpha value is -2.17. The fourth-order valence-electron chi connectivity index (χ4n) is 5.02. The van der Waals surface area contributed by atoms with Crippen LogP contribution >= 0.6 is 0 Å². The zero-order chi connectivity index (χ0) is 20.1. The highest BCUT2D eigenvalue weighted by Gasteiger charge is 2.28. The third kappa shape index (κ3) is 4.88. The number of hydrogen-bond donors (Lipinski definition) is 2. The second kappa shape index (κ2) is 9.55. The number of fused-ring (bicyclic) bond motifs is 1. The molecule has 4 heteroatoms. The van der Waals surface area contributed by atoms with E-state index in [9.17, 15) is 4.79 Å². The second-order valence-electron chi connectivity index (χ2n) is 8.44. The molecular weight excluding hydrogens is 358 g/mol. The number of hydrogen-bond acceptors (Lipinski definition) is 3. The highest BCUT2D eigenvalue weighted by atomic mass is 16.1. The summed E-state index contributed by atoms with van der Waals surface area (Å²) >= 11 is 0. The molecule has 2 aliphatic rings. The summed E-state index contributed by atoms with van der Waals surface area (Å²) in [6, 6.07) is 19.3. The van der Waals surface area contributed by atoms with E-state index >= 15 is 0 Å². The van der Waals surface area contributed by atoms with Crippen LogP contribution in [0.1, 0.15) is 53.6 Å². The summed E-state index contributed by atoms with van der Waals surface area (Å²) in [7, 11) is 0. The average molecular weight is 392 g/mol. The lowest BCUT2D eigenvalue weighted by atomic mass is 9.78. The summed E-state index contributed by atoms with van der Waals surface area (Å²) in [6.45, 7) is 6.38. The molecular formula is C25H33N3O. The maximum atomic E-state index is 12.4. The third-order valence-corrected chi connectivity index (χ3v) is 6.58. The Morgan fingerprint density at radius 2 is 1.86 bits per heavy atom. The minimum absolute atomic E-state index is 0.0437. The number of nitrogens with zero attached hydrogens (tertiary/aromatic N) is 1. The van der Waals surface area contributed by atoms with Gasteiger partial charge in [-0.05, 0) is 54.9 Å². The third-order valence-electron chi connectivity index (χ3n) is 6.58. The molecule has 2 aromatic rings. The summed E-state index contributed by atoms with van der Waals surface area (Å²) in [5.41, 5.74) is 3.83. The zero-order valence-electron chi connectivity index (χ0n) is 17.4. The molecule has 3 atom stereocenters. The maximum Gasteiger partial charge on any atom is 0.251 e. The smallest absolute Gasteiger partial charge is 0.251 e. The molecule has 154 valence electrons. The highest BCUT2D eigenvalue weighted by Crippen LogP contribution is 2.33. The van der Waals surface area contributed by atoms with Crippen LogP contribution in [0.5, 0.6) is 0 Å². The Morgan fingerprint density at radius 1 is 1.07 bits per heavy atom. The summed E-state index contributed by atoms with van der Waals surface area (Å²) < 4.78 is 0. The molecule has 4 rings (SSSR count). The van der Waals surface area contributed by atoms with Crippen molar-refractivity contribution in [3.63, 3.8) is 0 Å². The lowest BCUT2D eigenvalue weighted by molar-refractivity contribution is 0.0938. The molecule has 2 aromatic carbocycles. The molecule has 0 saturated carbocycles. The fourth-order valence-corrected chi connectivity index (χ4v) is 5.02. The van der Waals surface area contributed by atoms with Crippen molar-refractivity contribution in [1.82, 2.24) is 15.5 Å². The van der Waals surface area contributed by atoms with Gasteiger partial charge in [-0.25, -0.2) is 0 Å². The van der Waals surface area contributed by atoms with Crippen molar-refractivity contribution in [2.24, 2.45) is 0 Å². The topological polar surface area (TPSA) is 44.4 Å². The van der Waals surface area contributed by atoms with E-state index in [2.05, 4.69) is 46.7 Å². The van der Waals surface area contributed by atoms with Gasteiger partial charge in [-0.15, -0.1) is 0 Å². The largest absolute Gasteiger partial charge is 0.348 e. The van der Waals surface area contributed by atoms with Gasteiger partial charge in [0.2, 0.25) is 0 Å². The Labute approximate surface area is 174 Å². The standard InChI is InChI=1S/C25H33N3O/c1-2-22-23-11-7-6-8-19(23)12-13-24(22)26-15-17-28-16-14-21(18-28)27-25(29)20-9-4-3-5-10-20/h3-11,21-22,24,26H,2,12-18H2,1H3,(H,27,29). The molecule has 4 nitrogen and oxygen atoms in total. The minimum Gasteiger partial charge on any atom is -0.348 e. The van der Waals surface area contributed by atoms with Gasteiger partial charge in [0.05, 0.1) is 0 Å². The van der Waals surface area contributed by atoms with Gasteiger partial charge in [0.1, 0.15) is 0 Å². The first-order chi connectivity index (χ1) is 14.2. The first-order valence-corrected chi connectivity index (χ1v) is 11.1. The molecule has 1 saturated heterocycles. The Morgan fingerprint density at radius 3 is 2.69 bits per heavy atom. The van der Waals surface area contributed by atoms with Crippen molar-refractivity contribution in [3.05, 3.63) is 71.3 Å². The molecule has 0 aromatic heterocycles. The van der Waals surface area contributed by atoms with Crippen molar-refractivity contribution >= 4 is 5.91 Å². The molecule has 0 bridgehead atoms. The van der Waals surface area contributed by atoms with E-state index in [0.29, 0.717) is 12.0 Å². The van der Waals surface area contributed by atoms with Crippen LogP contribution in [0.4, 0.5) is 0 Å². The number of rotatable bonds is 7. The van der Waals surface area contributed by atoms with Crippen LogP contribution in [0, 0.1) is 0 Å². The van der Waals surface area contributed by atoms with Crippen LogP contribution in [0.3, 0.4) is 0 Å². The second-order valence-corrected chi connectivity index (χ2v) is 8.44. The molecule has 1 aliphatic carbocycles. The predicted molar refractivity (Wildman–Crippen MR) is 118 cm³/mol. The van der Waals surface area contributed by atoms with Gasteiger partial charge in [-0.1, -0.05) is 49.4 Å². The number of likely N-dealkylation sites (tertiary alicyclic amines) is 1. The quantitative estimate of drug-likeness (QED) is 0.758. The highest BCUT2D eigenvalue weighted by molar-refractivity contribution is 5.94. The molecule has 3 unspecified atom stereocenters. The molecule has 29 heavy (non-hydrogen) atoms. The number of carbonyl (C=O) groups is 1. The Bertz CT molecular complexity index is 807. The minimum atomic E-state index is 0.0437. The lowest BCUT2D eigenvalue weighted by Gasteiger charge is -2.34. The molecule has 1 fully saturated rings. The SMILES string of the molecule is CCC1c2ccccc2CCC1NCCN1CCC(NC(=O)c2ccccc2)C1. The van der Waals surface area contributed by atoms with Crippen LogP contribution in [0.25, 0.3) is 0 Å². The van der Waals surface area contributed by atoms with E-state index in [1.54, 1.807) is 5.56 Å². The summed E-state index contributed by atoms with van der Waals surface area (Å²) in [5, 5.41) is 7.03. The number of amides is 1. The first kappa shape index (κ1) is 20.1. The van der Waals surface area contributed by atoms with Crippen LogP contribution in [0.2, 0.25) is 0 Å². The van der Waals surface area contributed by atoms with Crippen molar-refractivity contribution in [2.45, 2.75) is 50.6 Å². The van der Waals surface area contributed by atoms with Crippen LogP contribution in [0.15, 0.2) is 54.6 Å². The molecule has 1 amide bonds. The van der Waals surface area contributed by atoms with E-state index in [4.69, 9.17) is 0 Å². The fraction of sp³-hybridized carbons (Fsp3) is 0.480. The van der Waals surface area contributed by atoms with Crippen molar-refractivity contribution in [1.29, 1.82) is 0 Å². The van der Waals surface area contributed by atoms with Crippen LogP contribution in [-0.2, 0) is 6.42 Å². The number of nitrogens with one attached hydrogen (secondary N) is 2. The number of benzene rings is 2. The van der Waals surface area contributed by atoms with E-state index in [1.807, 2.05) is 30.3 Å². The van der Waals surface area contributed by atoms with Crippen LogP contribution in [-0.4, -0.2) is 49.1 Å². The van der Waals surface area contributed by atoms with Gasteiger partial charge in [0.25, 0.3) is 5.91 Å². The van der Waals surface area contributed by atoms with E-state index < -0.39 is 0 Å². The van der Waals surface area contributed by atoms with E-state index in [1.165, 1.54) is 24.8 Å². The van der Waals surface area contributed by atoms with Crippen molar-refractivity contribution in [3.8, 4) is 0 Å². The molecule has 2 N–H and O–H groups in total. The predicted octanol–water partition coefficient (Wildman–Crippen LogP) is 3.59. The van der Waals surface area contributed by atoms with Crippen molar-refractivity contribution in [2.75, 3.05) is 26.2 Å². The molecule has 0 radical (unpaired) electrons. The van der Waals surface area contributed by atoms with Gasteiger partial charge in [-0.3, -0.25) is 9.69 Å². The van der Waals surface area contributed by atoms with E-state index in [-0.39, 0.29) is 11.9 Å². The summed E-state index contributed by atoms with van der Waals surface area (Å²) in [4.78, 5) is 14.8. The summed E-state index contributed by atoms with van der Waals surface area (Å²) in [6.07, 6.45) is 4.63. The van der Waals surface area contributed by atoms with Crippen molar-refractivity contribution < 1.29 is 4.79 Å². The molecule has 0 spiro atoms. The average Bonchev–Trinajstić information content (AvgIpc) is 3.21. The van der Waals surface area contributed by atoms with Gasteiger partial charge in [0.15, 0.2) is 0 Å². The van der Waals surface area contributed by atoms with Gasteiger partial charge in [0, 0.05) is 43.8 Å².